The zero-order valence-electron chi connectivity index (χ0n) is 12.4. The van der Waals surface area contributed by atoms with Crippen molar-refractivity contribution in [2.75, 3.05) is 0 Å². The van der Waals surface area contributed by atoms with E-state index >= 15 is 0 Å². The van der Waals surface area contributed by atoms with Crippen molar-refractivity contribution >= 4 is 12.4 Å². The van der Waals surface area contributed by atoms with Crippen molar-refractivity contribution < 1.29 is 28.1 Å². The van der Waals surface area contributed by atoms with Gasteiger partial charge in [-0.2, -0.15) is 13.2 Å². The van der Waals surface area contributed by atoms with Gasteiger partial charge >= 0.3 is 6.18 Å². The first-order valence-electron chi connectivity index (χ1n) is 6.79. The monoisotopic (exact) mass is 363 g/mol. The predicted octanol–water partition coefficient (Wildman–Crippen LogP) is 3.32. The summed E-state index contributed by atoms with van der Waals surface area (Å²) in [6.07, 6.45) is -7.63. The Kier molecular flexibility index (Phi) is 6.89. The normalized spacial score (nSPS) is 13.7. The minimum atomic E-state index is -4.87. The SMILES string of the molecule is Cl.N[C@@H](c1ccc(OCc2ccccc2)cc1O)[C@H](O)C(F)(F)F. The maximum absolute atomic E-state index is 12.5. The highest BCUT2D eigenvalue weighted by atomic mass is 35.5. The lowest BCUT2D eigenvalue weighted by atomic mass is 10.0. The molecule has 0 saturated heterocycles. The summed E-state index contributed by atoms with van der Waals surface area (Å²) >= 11 is 0. The van der Waals surface area contributed by atoms with E-state index in [9.17, 15) is 18.3 Å². The lowest BCUT2D eigenvalue weighted by molar-refractivity contribution is -0.210. The van der Waals surface area contributed by atoms with E-state index in [1.54, 1.807) is 0 Å². The van der Waals surface area contributed by atoms with Gasteiger partial charge in [0.1, 0.15) is 18.1 Å². The molecule has 0 bridgehead atoms. The van der Waals surface area contributed by atoms with Crippen molar-refractivity contribution in [3.05, 3.63) is 59.7 Å². The number of alkyl halides is 3. The molecule has 8 heteroatoms. The van der Waals surface area contributed by atoms with Gasteiger partial charge in [-0.3, -0.25) is 0 Å². The second-order valence-electron chi connectivity index (χ2n) is 5.01. The number of aliphatic hydroxyl groups is 1. The molecule has 0 spiro atoms. The molecule has 0 amide bonds. The molecule has 0 aromatic heterocycles. The highest BCUT2D eigenvalue weighted by molar-refractivity contribution is 5.85. The molecule has 0 radical (unpaired) electrons. The first kappa shape index (κ1) is 20.1. The summed E-state index contributed by atoms with van der Waals surface area (Å²) in [6, 6.07) is 11.2. The van der Waals surface area contributed by atoms with E-state index < -0.39 is 24.1 Å². The van der Waals surface area contributed by atoms with Gasteiger partial charge < -0.3 is 20.7 Å². The molecule has 0 aliphatic heterocycles. The summed E-state index contributed by atoms with van der Waals surface area (Å²) in [5.74, 6) is -0.185. The smallest absolute Gasteiger partial charge is 0.416 e. The fourth-order valence-corrected chi connectivity index (χ4v) is 2.01. The third kappa shape index (κ3) is 5.02. The van der Waals surface area contributed by atoms with Gasteiger partial charge in [0.2, 0.25) is 0 Å². The molecule has 0 aliphatic carbocycles. The van der Waals surface area contributed by atoms with Crippen LogP contribution in [0.3, 0.4) is 0 Å². The molecule has 2 atom stereocenters. The lowest BCUT2D eigenvalue weighted by Gasteiger charge is -2.22. The van der Waals surface area contributed by atoms with Crippen LogP contribution in [-0.4, -0.2) is 22.5 Å². The van der Waals surface area contributed by atoms with Crippen LogP contribution < -0.4 is 10.5 Å². The molecule has 0 aliphatic rings. The number of aromatic hydroxyl groups is 1. The molecule has 0 saturated carbocycles. The number of nitrogens with two attached hydrogens (primary N) is 1. The Morgan fingerprint density at radius 3 is 2.25 bits per heavy atom. The van der Waals surface area contributed by atoms with Crippen LogP contribution in [0.4, 0.5) is 13.2 Å². The second kappa shape index (κ2) is 8.23. The Labute approximate surface area is 143 Å². The third-order valence-corrected chi connectivity index (χ3v) is 3.28. The number of phenolic OH excluding ortho intramolecular Hbond substituents is 1. The van der Waals surface area contributed by atoms with Gasteiger partial charge in [0, 0.05) is 11.6 Å². The Hall–Kier alpha value is -1.96. The molecule has 132 valence electrons. The third-order valence-electron chi connectivity index (χ3n) is 3.28. The van der Waals surface area contributed by atoms with Crippen LogP contribution >= 0.6 is 12.4 Å². The Bertz CT molecular complexity index is 653. The van der Waals surface area contributed by atoms with E-state index in [4.69, 9.17) is 15.6 Å². The second-order valence-corrected chi connectivity index (χ2v) is 5.01. The van der Waals surface area contributed by atoms with Gasteiger partial charge in [-0.05, 0) is 17.7 Å². The maximum Gasteiger partial charge on any atom is 0.416 e. The molecule has 0 unspecified atom stereocenters. The lowest BCUT2D eigenvalue weighted by Crippen LogP contribution is -2.38. The van der Waals surface area contributed by atoms with Gasteiger partial charge in [0.25, 0.3) is 0 Å². The quantitative estimate of drug-likeness (QED) is 0.761. The number of aliphatic hydroxyl groups excluding tert-OH is 1. The molecule has 0 heterocycles. The van der Waals surface area contributed by atoms with Crippen LogP contribution in [0.25, 0.3) is 0 Å². The summed E-state index contributed by atoms with van der Waals surface area (Å²) in [5.41, 5.74) is 6.07. The number of hydrogen-bond acceptors (Lipinski definition) is 4. The minimum Gasteiger partial charge on any atom is -0.507 e. The van der Waals surface area contributed by atoms with Crippen molar-refractivity contribution in [2.24, 2.45) is 5.73 Å². The number of hydrogen-bond donors (Lipinski definition) is 3. The van der Waals surface area contributed by atoms with E-state index in [1.807, 2.05) is 30.3 Å². The van der Waals surface area contributed by atoms with E-state index in [0.29, 0.717) is 0 Å². The van der Waals surface area contributed by atoms with Gasteiger partial charge in [0.05, 0.1) is 6.04 Å². The number of benzene rings is 2. The van der Waals surface area contributed by atoms with E-state index in [1.165, 1.54) is 18.2 Å². The molecule has 4 N–H and O–H groups in total. The largest absolute Gasteiger partial charge is 0.507 e. The number of halogens is 4. The first-order chi connectivity index (χ1) is 10.8. The van der Waals surface area contributed by atoms with Gasteiger partial charge in [0.15, 0.2) is 6.10 Å². The number of rotatable bonds is 5. The van der Waals surface area contributed by atoms with Crippen molar-refractivity contribution in [1.82, 2.24) is 0 Å². The van der Waals surface area contributed by atoms with E-state index in [2.05, 4.69) is 0 Å². The summed E-state index contributed by atoms with van der Waals surface area (Å²) in [5, 5.41) is 19.0. The standard InChI is InChI=1S/C16H16F3NO3.ClH/c17-16(18,19)15(22)14(20)12-7-6-11(8-13(12)21)23-9-10-4-2-1-3-5-10;/h1-8,14-15,21-22H,9,20H2;1H/t14-,15-;/m0./s1. The van der Waals surface area contributed by atoms with Crippen molar-refractivity contribution in [2.45, 2.75) is 24.9 Å². The van der Waals surface area contributed by atoms with Crippen molar-refractivity contribution in [3.8, 4) is 11.5 Å². The molecule has 2 rings (SSSR count). The van der Waals surface area contributed by atoms with Crippen LogP contribution in [0.2, 0.25) is 0 Å². The average molecular weight is 364 g/mol. The van der Waals surface area contributed by atoms with E-state index in [0.717, 1.165) is 5.56 Å². The van der Waals surface area contributed by atoms with Crippen LogP contribution in [0.15, 0.2) is 48.5 Å². The van der Waals surface area contributed by atoms with Gasteiger partial charge in [-0.25, -0.2) is 0 Å². The molecule has 0 fully saturated rings. The number of ether oxygens (including phenoxy) is 1. The zero-order valence-corrected chi connectivity index (χ0v) is 13.2. The predicted molar refractivity (Wildman–Crippen MR) is 85.1 cm³/mol. The van der Waals surface area contributed by atoms with Crippen molar-refractivity contribution in [1.29, 1.82) is 0 Å². The molecular weight excluding hydrogens is 347 g/mol. The summed E-state index contributed by atoms with van der Waals surface area (Å²) in [4.78, 5) is 0. The molecule has 2 aromatic rings. The fraction of sp³-hybridized carbons (Fsp3) is 0.250. The van der Waals surface area contributed by atoms with Gasteiger partial charge in [-0.1, -0.05) is 30.3 Å². The van der Waals surface area contributed by atoms with Crippen LogP contribution in [0, 0.1) is 0 Å². The average Bonchev–Trinajstić information content (AvgIpc) is 2.52. The zero-order chi connectivity index (χ0) is 17.0. The Balaban J connectivity index is 0.00000288. The summed E-state index contributed by atoms with van der Waals surface area (Å²) < 4.78 is 42.9. The molecular formula is C16H17ClF3NO3. The highest BCUT2D eigenvalue weighted by Gasteiger charge is 2.43. The van der Waals surface area contributed by atoms with Crippen molar-refractivity contribution in [3.63, 3.8) is 0 Å². The summed E-state index contributed by atoms with van der Waals surface area (Å²) in [7, 11) is 0. The minimum absolute atomic E-state index is 0. The summed E-state index contributed by atoms with van der Waals surface area (Å²) in [6.45, 7) is 0.247. The Morgan fingerprint density at radius 2 is 1.71 bits per heavy atom. The molecule has 2 aromatic carbocycles. The fourth-order valence-electron chi connectivity index (χ4n) is 2.01. The van der Waals surface area contributed by atoms with Crippen LogP contribution in [0.1, 0.15) is 17.2 Å². The molecule has 24 heavy (non-hydrogen) atoms. The van der Waals surface area contributed by atoms with E-state index in [-0.39, 0.29) is 30.3 Å². The van der Waals surface area contributed by atoms with Gasteiger partial charge in [-0.15, -0.1) is 12.4 Å². The number of phenols is 1. The highest BCUT2D eigenvalue weighted by Crippen LogP contribution is 2.34. The Morgan fingerprint density at radius 1 is 1.08 bits per heavy atom. The topological polar surface area (TPSA) is 75.7 Å². The maximum atomic E-state index is 12.5. The first-order valence-corrected chi connectivity index (χ1v) is 6.79. The van der Waals surface area contributed by atoms with Crippen LogP contribution in [-0.2, 0) is 6.61 Å². The molecule has 4 nitrogen and oxygen atoms in total. The van der Waals surface area contributed by atoms with Crippen LogP contribution in [0.5, 0.6) is 11.5 Å².